The molecule has 17 heavy (non-hydrogen) atoms. The van der Waals surface area contributed by atoms with E-state index in [0.717, 1.165) is 0 Å². The summed E-state index contributed by atoms with van der Waals surface area (Å²) < 4.78 is 4.94. The second kappa shape index (κ2) is 6.03. The van der Waals surface area contributed by atoms with Crippen molar-refractivity contribution in [1.82, 2.24) is 9.97 Å². The number of carbonyl (C=O) groups is 1. The van der Waals surface area contributed by atoms with Crippen molar-refractivity contribution < 1.29 is 14.6 Å². The van der Waals surface area contributed by atoms with E-state index in [2.05, 4.69) is 15.3 Å². The van der Waals surface area contributed by atoms with Crippen LogP contribution in [0.5, 0.6) is 5.88 Å². The van der Waals surface area contributed by atoms with Crippen LogP contribution in [0.4, 0.5) is 5.82 Å². The third kappa shape index (κ3) is 4.26. The molecule has 2 N–H and O–H groups in total. The lowest BCUT2D eigenvalue weighted by atomic mass is 10.0. The standard InChI is InChI=1S/C11H17N3O3/c1-7(2)4-8(11(15)16)14-9-5-10(17-3)13-6-12-9/h5-8H,4H2,1-3H3,(H,15,16)(H,12,13,14)/t8-/m1/s1. The molecule has 0 saturated heterocycles. The van der Waals surface area contributed by atoms with Crippen LogP contribution < -0.4 is 10.1 Å². The van der Waals surface area contributed by atoms with Gasteiger partial charge in [0.15, 0.2) is 0 Å². The van der Waals surface area contributed by atoms with Crippen molar-refractivity contribution in [1.29, 1.82) is 0 Å². The van der Waals surface area contributed by atoms with Crippen LogP contribution in [0.2, 0.25) is 0 Å². The molecule has 0 saturated carbocycles. The lowest BCUT2D eigenvalue weighted by Gasteiger charge is -2.16. The van der Waals surface area contributed by atoms with Gasteiger partial charge in [-0.2, -0.15) is 0 Å². The maximum atomic E-state index is 11.1. The van der Waals surface area contributed by atoms with Gasteiger partial charge in [0.2, 0.25) is 5.88 Å². The number of rotatable bonds is 6. The number of nitrogens with one attached hydrogen (secondary N) is 1. The number of ether oxygens (including phenoxy) is 1. The molecular formula is C11H17N3O3. The minimum absolute atomic E-state index is 0.285. The van der Waals surface area contributed by atoms with E-state index in [0.29, 0.717) is 18.1 Å². The van der Waals surface area contributed by atoms with Crippen molar-refractivity contribution in [2.24, 2.45) is 5.92 Å². The first kappa shape index (κ1) is 13.2. The normalized spacial score (nSPS) is 12.2. The van der Waals surface area contributed by atoms with Crippen LogP contribution >= 0.6 is 0 Å². The summed E-state index contributed by atoms with van der Waals surface area (Å²) in [5.41, 5.74) is 0. The Labute approximate surface area is 100 Å². The number of hydrogen-bond acceptors (Lipinski definition) is 5. The Bertz CT molecular complexity index is 382. The smallest absolute Gasteiger partial charge is 0.326 e. The maximum Gasteiger partial charge on any atom is 0.326 e. The second-order valence-electron chi connectivity index (χ2n) is 4.11. The Morgan fingerprint density at radius 3 is 2.76 bits per heavy atom. The van der Waals surface area contributed by atoms with Gasteiger partial charge in [-0.3, -0.25) is 0 Å². The Morgan fingerprint density at radius 2 is 2.24 bits per heavy atom. The highest BCUT2D eigenvalue weighted by Gasteiger charge is 2.19. The topological polar surface area (TPSA) is 84.3 Å². The SMILES string of the molecule is COc1cc(N[C@H](CC(C)C)C(=O)O)ncn1. The monoisotopic (exact) mass is 239 g/mol. The van der Waals surface area contributed by atoms with Gasteiger partial charge < -0.3 is 15.2 Å². The fourth-order valence-corrected chi connectivity index (χ4v) is 1.40. The van der Waals surface area contributed by atoms with E-state index < -0.39 is 12.0 Å². The number of carboxylic acids is 1. The van der Waals surface area contributed by atoms with Crippen LogP contribution in [0.15, 0.2) is 12.4 Å². The molecule has 1 atom stereocenters. The number of anilines is 1. The molecule has 1 aromatic heterocycles. The number of aromatic nitrogens is 2. The summed E-state index contributed by atoms with van der Waals surface area (Å²) in [4.78, 5) is 18.9. The molecule has 1 rings (SSSR count). The van der Waals surface area contributed by atoms with Gasteiger partial charge in [-0.05, 0) is 12.3 Å². The summed E-state index contributed by atoms with van der Waals surface area (Å²) in [6.45, 7) is 3.94. The first-order valence-electron chi connectivity index (χ1n) is 5.38. The predicted octanol–water partition coefficient (Wildman–Crippen LogP) is 1.40. The molecule has 0 unspecified atom stereocenters. The Balaban J connectivity index is 2.74. The molecule has 0 aliphatic heterocycles. The molecule has 6 nitrogen and oxygen atoms in total. The second-order valence-corrected chi connectivity index (χ2v) is 4.11. The van der Waals surface area contributed by atoms with Gasteiger partial charge in [0, 0.05) is 6.07 Å². The third-order valence-electron chi connectivity index (χ3n) is 2.18. The van der Waals surface area contributed by atoms with Crippen molar-refractivity contribution in [2.75, 3.05) is 12.4 Å². The van der Waals surface area contributed by atoms with Gasteiger partial charge in [0.05, 0.1) is 7.11 Å². The van der Waals surface area contributed by atoms with Crippen LogP contribution in [-0.4, -0.2) is 34.2 Å². The first-order valence-corrected chi connectivity index (χ1v) is 5.38. The average Bonchev–Trinajstić information content (AvgIpc) is 2.27. The number of nitrogens with zero attached hydrogens (tertiary/aromatic N) is 2. The molecule has 0 spiro atoms. The van der Waals surface area contributed by atoms with Gasteiger partial charge in [-0.1, -0.05) is 13.8 Å². The predicted molar refractivity (Wildman–Crippen MR) is 63.1 cm³/mol. The molecule has 0 radical (unpaired) electrons. The van der Waals surface area contributed by atoms with Crippen molar-refractivity contribution in [3.63, 3.8) is 0 Å². The zero-order chi connectivity index (χ0) is 12.8. The summed E-state index contributed by atoms with van der Waals surface area (Å²) in [6, 6.07) is 0.908. The minimum Gasteiger partial charge on any atom is -0.481 e. The van der Waals surface area contributed by atoms with Crippen molar-refractivity contribution in [2.45, 2.75) is 26.3 Å². The molecule has 1 heterocycles. The zero-order valence-electron chi connectivity index (χ0n) is 10.2. The Kier molecular flexibility index (Phi) is 4.68. The Morgan fingerprint density at radius 1 is 1.53 bits per heavy atom. The number of hydrogen-bond donors (Lipinski definition) is 2. The Hall–Kier alpha value is -1.85. The minimum atomic E-state index is -0.892. The van der Waals surface area contributed by atoms with Crippen LogP contribution in [0.1, 0.15) is 20.3 Å². The lowest BCUT2D eigenvalue weighted by molar-refractivity contribution is -0.138. The van der Waals surface area contributed by atoms with Crippen molar-refractivity contribution >= 4 is 11.8 Å². The number of aliphatic carboxylic acids is 1. The van der Waals surface area contributed by atoms with Crippen LogP contribution in [0.3, 0.4) is 0 Å². The van der Waals surface area contributed by atoms with E-state index in [1.165, 1.54) is 13.4 Å². The molecule has 0 amide bonds. The fourth-order valence-electron chi connectivity index (χ4n) is 1.40. The molecule has 6 heteroatoms. The first-order chi connectivity index (χ1) is 8.02. The van der Waals surface area contributed by atoms with Crippen LogP contribution in [0.25, 0.3) is 0 Å². The maximum absolute atomic E-state index is 11.1. The van der Waals surface area contributed by atoms with Crippen LogP contribution in [-0.2, 0) is 4.79 Å². The van der Waals surface area contributed by atoms with Gasteiger partial charge in [-0.25, -0.2) is 14.8 Å². The molecular weight excluding hydrogens is 222 g/mol. The zero-order valence-corrected chi connectivity index (χ0v) is 10.2. The van der Waals surface area contributed by atoms with Gasteiger partial charge in [0.1, 0.15) is 18.2 Å². The summed E-state index contributed by atoms with van der Waals surface area (Å²) in [7, 11) is 1.49. The van der Waals surface area contributed by atoms with Crippen LogP contribution in [0, 0.1) is 5.92 Å². The molecule has 94 valence electrons. The molecule has 0 aromatic carbocycles. The summed E-state index contributed by atoms with van der Waals surface area (Å²) in [5, 5.41) is 11.9. The van der Waals surface area contributed by atoms with E-state index in [9.17, 15) is 4.79 Å². The van der Waals surface area contributed by atoms with Gasteiger partial charge in [-0.15, -0.1) is 0 Å². The summed E-state index contributed by atoms with van der Waals surface area (Å²) >= 11 is 0. The third-order valence-corrected chi connectivity index (χ3v) is 2.18. The summed E-state index contributed by atoms with van der Waals surface area (Å²) in [5.74, 6) is 0.240. The van der Waals surface area contributed by atoms with E-state index in [1.54, 1.807) is 6.07 Å². The number of methoxy groups -OCH3 is 1. The van der Waals surface area contributed by atoms with E-state index >= 15 is 0 Å². The highest BCUT2D eigenvalue weighted by atomic mass is 16.5. The fraction of sp³-hybridized carbons (Fsp3) is 0.545. The molecule has 0 bridgehead atoms. The molecule has 0 aliphatic rings. The van der Waals surface area contributed by atoms with Gasteiger partial charge in [0.25, 0.3) is 0 Å². The largest absolute Gasteiger partial charge is 0.481 e. The molecule has 0 aliphatic carbocycles. The van der Waals surface area contributed by atoms with E-state index in [1.807, 2.05) is 13.8 Å². The molecule has 0 fully saturated rings. The van der Waals surface area contributed by atoms with E-state index in [-0.39, 0.29) is 5.92 Å². The van der Waals surface area contributed by atoms with Crippen molar-refractivity contribution in [3.8, 4) is 5.88 Å². The quantitative estimate of drug-likeness (QED) is 0.780. The van der Waals surface area contributed by atoms with Crippen molar-refractivity contribution in [3.05, 3.63) is 12.4 Å². The summed E-state index contributed by atoms with van der Waals surface area (Å²) in [6.07, 6.45) is 1.86. The highest BCUT2D eigenvalue weighted by molar-refractivity contribution is 5.76. The highest BCUT2D eigenvalue weighted by Crippen LogP contribution is 2.14. The average molecular weight is 239 g/mol. The molecule has 1 aromatic rings. The van der Waals surface area contributed by atoms with E-state index in [4.69, 9.17) is 9.84 Å². The lowest BCUT2D eigenvalue weighted by Crippen LogP contribution is -2.31. The number of carboxylic acid groups (broad SMARTS) is 1. The van der Waals surface area contributed by atoms with Gasteiger partial charge >= 0.3 is 5.97 Å².